The molecule has 23 heavy (non-hydrogen) atoms. The summed E-state index contributed by atoms with van der Waals surface area (Å²) in [5.74, 6) is 1.55. The smallest absolute Gasteiger partial charge is 0.241 e. The molecular formula is C17H24N4O2. The van der Waals surface area contributed by atoms with Crippen molar-refractivity contribution in [3.8, 4) is 5.75 Å². The topological polar surface area (TPSA) is 82.2 Å². The van der Waals surface area contributed by atoms with Crippen LogP contribution in [0.3, 0.4) is 0 Å². The van der Waals surface area contributed by atoms with E-state index in [1.165, 1.54) is 0 Å². The molecule has 1 heterocycles. The predicted octanol–water partition coefficient (Wildman–Crippen LogP) is 2.31. The van der Waals surface area contributed by atoms with Crippen LogP contribution in [0.4, 0.5) is 5.69 Å². The van der Waals surface area contributed by atoms with Crippen LogP contribution in [0.25, 0.3) is 0 Å². The van der Waals surface area contributed by atoms with Crippen LogP contribution in [0.1, 0.15) is 26.1 Å². The highest BCUT2D eigenvalue weighted by atomic mass is 16.5. The van der Waals surface area contributed by atoms with Crippen LogP contribution in [0.5, 0.6) is 5.75 Å². The average Bonchev–Trinajstić information content (AvgIpc) is 2.97. The SMILES string of the molecule is CCC(C)C(N)C(=O)Nc1ccc(OCc2nccn2C)cc1. The molecular weight excluding hydrogens is 292 g/mol. The van der Waals surface area contributed by atoms with Gasteiger partial charge in [0, 0.05) is 25.1 Å². The van der Waals surface area contributed by atoms with Gasteiger partial charge >= 0.3 is 0 Å². The molecule has 3 N–H and O–H groups in total. The van der Waals surface area contributed by atoms with Gasteiger partial charge in [0.05, 0.1) is 6.04 Å². The van der Waals surface area contributed by atoms with Crippen molar-refractivity contribution in [3.63, 3.8) is 0 Å². The van der Waals surface area contributed by atoms with Crippen LogP contribution in [-0.4, -0.2) is 21.5 Å². The van der Waals surface area contributed by atoms with E-state index in [1.807, 2.05) is 43.8 Å². The van der Waals surface area contributed by atoms with E-state index in [-0.39, 0.29) is 11.8 Å². The molecule has 0 aliphatic rings. The second kappa shape index (κ2) is 7.78. The number of nitrogens with two attached hydrogens (primary N) is 1. The zero-order valence-electron chi connectivity index (χ0n) is 13.8. The van der Waals surface area contributed by atoms with Crippen molar-refractivity contribution in [2.45, 2.75) is 32.9 Å². The van der Waals surface area contributed by atoms with Gasteiger partial charge in [-0.1, -0.05) is 20.3 Å². The van der Waals surface area contributed by atoms with E-state index in [0.717, 1.165) is 18.0 Å². The van der Waals surface area contributed by atoms with Crippen LogP contribution < -0.4 is 15.8 Å². The average molecular weight is 316 g/mol. The fourth-order valence-corrected chi connectivity index (χ4v) is 2.06. The number of rotatable bonds is 7. The van der Waals surface area contributed by atoms with Gasteiger partial charge in [-0.15, -0.1) is 0 Å². The summed E-state index contributed by atoms with van der Waals surface area (Å²) >= 11 is 0. The van der Waals surface area contributed by atoms with E-state index in [2.05, 4.69) is 10.3 Å². The molecule has 6 heteroatoms. The van der Waals surface area contributed by atoms with Gasteiger partial charge in [-0.2, -0.15) is 0 Å². The molecule has 0 fully saturated rings. The molecule has 6 nitrogen and oxygen atoms in total. The summed E-state index contributed by atoms with van der Waals surface area (Å²) in [5, 5.41) is 2.83. The highest BCUT2D eigenvalue weighted by molar-refractivity contribution is 5.94. The number of aromatic nitrogens is 2. The Kier molecular flexibility index (Phi) is 5.76. The van der Waals surface area contributed by atoms with Crippen molar-refractivity contribution >= 4 is 11.6 Å². The molecule has 124 valence electrons. The molecule has 2 rings (SSSR count). The molecule has 0 spiro atoms. The molecule has 1 aromatic carbocycles. The first-order valence-electron chi connectivity index (χ1n) is 7.76. The van der Waals surface area contributed by atoms with Crippen molar-refractivity contribution in [3.05, 3.63) is 42.5 Å². The summed E-state index contributed by atoms with van der Waals surface area (Å²) in [7, 11) is 1.92. The van der Waals surface area contributed by atoms with Crippen LogP contribution in [0, 0.1) is 5.92 Å². The number of nitrogens with zero attached hydrogens (tertiary/aromatic N) is 2. The highest BCUT2D eigenvalue weighted by Crippen LogP contribution is 2.17. The molecule has 0 aliphatic heterocycles. The number of hydrogen-bond acceptors (Lipinski definition) is 4. The van der Waals surface area contributed by atoms with Crippen molar-refractivity contribution in [2.75, 3.05) is 5.32 Å². The molecule has 2 aromatic rings. The molecule has 2 atom stereocenters. The summed E-state index contributed by atoms with van der Waals surface area (Å²) < 4.78 is 7.58. The second-order valence-electron chi connectivity index (χ2n) is 5.67. The van der Waals surface area contributed by atoms with Crippen molar-refractivity contribution < 1.29 is 9.53 Å². The summed E-state index contributed by atoms with van der Waals surface area (Å²) in [4.78, 5) is 16.2. The molecule has 0 radical (unpaired) electrons. The Balaban J connectivity index is 1.89. The maximum Gasteiger partial charge on any atom is 0.241 e. The fourth-order valence-electron chi connectivity index (χ4n) is 2.06. The Hall–Kier alpha value is -2.34. The maximum absolute atomic E-state index is 12.0. The van der Waals surface area contributed by atoms with Crippen molar-refractivity contribution in [1.29, 1.82) is 0 Å². The molecule has 0 saturated carbocycles. The first-order valence-corrected chi connectivity index (χ1v) is 7.76. The summed E-state index contributed by atoms with van der Waals surface area (Å²) in [5.41, 5.74) is 6.63. The number of imidazole rings is 1. The summed E-state index contributed by atoms with van der Waals surface area (Å²) in [6, 6.07) is 6.73. The quantitative estimate of drug-likeness (QED) is 0.821. The Bertz CT molecular complexity index is 636. The van der Waals surface area contributed by atoms with Gasteiger partial charge in [-0.25, -0.2) is 4.98 Å². The minimum atomic E-state index is -0.501. The number of carbonyl (C=O) groups is 1. The predicted molar refractivity (Wildman–Crippen MR) is 90.0 cm³/mol. The van der Waals surface area contributed by atoms with Crippen LogP contribution in [0.2, 0.25) is 0 Å². The summed E-state index contributed by atoms with van der Waals surface area (Å²) in [6.07, 6.45) is 4.48. The lowest BCUT2D eigenvalue weighted by Crippen LogP contribution is -2.40. The third-order valence-corrected chi connectivity index (χ3v) is 3.97. The molecule has 0 bridgehead atoms. The minimum Gasteiger partial charge on any atom is -0.486 e. The van der Waals surface area contributed by atoms with Crippen LogP contribution in [-0.2, 0) is 18.4 Å². The van der Waals surface area contributed by atoms with E-state index < -0.39 is 6.04 Å². The minimum absolute atomic E-state index is 0.149. The van der Waals surface area contributed by atoms with Gasteiger partial charge < -0.3 is 20.4 Å². The molecule has 1 aromatic heterocycles. The third-order valence-electron chi connectivity index (χ3n) is 3.97. The van der Waals surface area contributed by atoms with E-state index in [9.17, 15) is 4.79 Å². The highest BCUT2D eigenvalue weighted by Gasteiger charge is 2.19. The monoisotopic (exact) mass is 316 g/mol. The molecule has 1 amide bonds. The van der Waals surface area contributed by atoms with Gasteiger partial charge in [0.15, 0.2) is 0 Å². The third kappa shape index (κ3) is 4.56. The van der Waals surface area contributed by atoms with E-state index in [1.54, 1.807) is 18.3 Å². The fraction of sp³-hybridized carbons (Fsp3) is 0.412. The van der Waals surface area contributed by atoms with E-state index in [4.69, 9.17) is 10.5 Å². The van der Waals surface area contributed by atoms with Gasteiger partial charge in [0.1, 0.15) is 18.2 Å². The Labute approximate surface area is 136 Å². The lowest BCUT2D eigenvalue weighted by molar-refractivity contribution is -0.118. The Morgan fingerprint density at radius 3 is 2.65 bits per heavy atom. The largest absolute Gasteiger partial charge is 0.486 e. The number of carbonyl (C=O) groups excluding carboxylic acids is 1. The number of ether oxygens (including phenoxy) is 1. The molecule has 0 saturated heterocycles. The van der Waals surface area contributed by atoms with Gasteiger partial charge in [0.25, 0.3) is 0 Å². The van der Waals surface area contributed by atoms with Crippen molar-refractivity contribution in [1.82, 2.24) is 9.55 Å². The molecule has 0 aliphatic carbocycles. The van der Waals surface area contributed by atoms with Gasteiger partial charge in [-0.3, -0.25) is 4.79 Å². The number of aryl methyl sites for hydroxylation is 1. The van der Waals surface area contributed by atoms with E-state index >= 15 is 0 Å². The molecule has 2 unspecified atom stereocenters. The van der Waals surface area contributed by atoms with E-state index in [0.29, 0.717) is 12.3 Å². The normalized spacial score (nSPS) is 13.4. The maximum atomic E-state index is 12.0. The first kappa shape index (κ1) is 17.0. The zero-order valence-corrected chi connectivity index (χ0v) is 13.8. The number of hydrogen-bond donors (Lipinski definition) is 2. The van der Waals surface area contributed by atoms with Crippen LogP contribution in [0.15, 0.2) is 36.7 Å². The second-order valence-corrected chi connectivity index (χ2v) is 5.67. The standard InChI is InChI=1S/C17H24N4O2/c1-4-12(2)16(18)17(22)20-13-5-7-14(8-6-13)23-11-15-19-9-10-21(15)3/h5-10,12,16H,4,11,18H2,1-3H3,(H,20,22). The Morgan fingerprint density at radius 1 is 1.39 bits per heavy atom. The first-order chi connectivity index (χ1) is 11.0. The number of amides is 1. The Morgan fingerprint density at radius 2 is 2.09 bits per heavy atom. The van der Waals surface area contributed by atoms with Gasteiger partial charge in [0.2, 0.25) is 5.91 Å². The lowest BCUT2D eigenvalue weighted by Gasteiger charge is -2.17. The number of anilines is 1. The zero-order chi connectivity index (χ0) is 16.8. The van der Waals surface area contributed by atoms with Crippen molar-refractivity contribution in [2.24, 2.45) is 18.7 Å². The summed E-state index contributed by atoms with van der Waals surface area (Å²) in [6.45, 7) is 4.39. The van der Waals surface area contributed by atoms with Crippen LogP contribution >= 0.6 is 0 Å². The lowest BCUT2D eigenvalue weighted by atomic mass is 9.99. The number of nitrogens with one attached hydrogen (secondary N) is 1. The number of benzene rings is 1. The van der Waals surface area contributed by atoms with Gasteiger partial charge in [-0.05, 0) is 30.2 Å².